The minimum Gasteiger partial charge on any atom is -0.491 e. The molecular weight excluding hydrogens is 440 g/mol. The van der Waals surface area contributed by atoms with Crippen molar-refractivity contribution in [3.63, 3.8) is 0 Å². The highest BCUT2D eigenvalue weighted by molar-refractivity contribution is 7.11. The molecule has 0 spiro atoms. The number of nitrogens with zero attached hydrogens (tertiary/aromatic N) is 1. The Labute approximate surface area is 190 Å². The molecule has 0 amide bonds. The lowest BCUT2D eigenvalue weighted by Gasteiger charge is -2.15. The first-order valence-corrected chi connectivity index (χ1v) is 10.6. The Balaban J connectivity index is 0.000000547. The van der Waals surface area contributed by atoms with Crippen molar-refractivity contribution in [2.75, 3.05) is 26.4 Å². The lowest BCUT2D eigenvalue weighted by molar-refractivity contribution is -0.134. The summed E-state index contributed by atoms with van der Waals surface area (Å²) in [5.74, 6) is -1.07. The van der Waals surface area contributed by atoms with Gasteiger partial charge in [-0.25, -0.2) is 14.6 Å². The van der Waals surface area contributed by atoms with Crippen LogP contribution in [-0.4, -0.2) is 70.8 Å². The first-order valence-electron chi connectivity index (χ1n) is 9.69. The SMILES string of the molecule is CC(C)NCC(O)COc1ccc(OCCOc2nccs2)cc1.O=C(O)/C=C\C(=O)O. The number of aromatic nitrogens is 1. The maximum atomic E-state index is 9.81. The van der Waals surface area contributed by atoms with Gasteiger partial charge in [-0.15, -0.1) is 0 Å². The van der Waals surface area contributed by atoms with Gasteiger partial charge in [0.05, 0.1) is 0 Å². The molecule has 0 aliphatic carbocycles. The molecular formula is C21H28N2O8S. The fourth-order valence-corrected chi connectivity index (χ4v) is 2.48. The van der Waals surface area contributed by atoms with Crippen molar-refractivity contribution in [3.8, 4) is 16.7 Å². The number of hydrogen-bond donors (Lipinski definition) is 4. The molecule has 0 saturated heterocycles. The molecule has 1 aromatic carbocycles. The third kappa shape index (κ3) is 14.0. The summed E-state index contributed by atoms with van der Waals surface area (Å²) >= 11 is 1.45. The molecule has 176 valence electrons. The molecule has 1 aromatic heterocycles. The predicted molar refractivity (Wildman–Crippen MR) is 119 cm³/mol. The number of hydrogen-bond acceptors (Lipinski definition) is 9. The van der Waals surface area contributed by atoms with Gasteiger partial charge in [-0.1, -0.05) is 25.2 Å². The smallest absolute Gasteiger partial charge is 0.328 e. The van der Waals surface area contributed by atoms with Crippen LogP contribution in [0.2, 0.25) is 0 Å². The molecule has 32 heavy (non-hydrogen) atoms. The van der Waals surface area contributed by atoms with Crippen molar-refractivity contribution in [3.05, 3.63) is 48.0 Å². The third-order valence-electron chi connectivity index (χ3n) is 3.38. The number of carbonyl (C=O) groups is 2. The van der Waals surface area contributed by atoms with Crippen molar-refractivity contribution in [2.45, 2.75) is 26.0 Å². The first kappa shape index (κ1) is 26.9. The summed E-state index contributed by atoms with van der Waals surface area (Å²) < 4.78 is 16.6. The van der Waals surface area contributed by atoms with Crippen molar-refractivity contribution in [1.82, 2.24) is 10.3 Å². The van der Waals surface area contributed by atoms with E-state index in [9.17, 15) is 14.7 Å². The fourth-order valence-electron chi connectivity index (χ4n) is 1.97. The Morgan fingerprint density at radius 3 is 2.09 bits per heavy atom. The zero-order valence-corrected chi connectivity index (χ0v) is 18.7. The van der Waals surface area contributed by atoms with Gasteiger partial charge in [0.25, 0.3) is 5.19 Å². The normalized spacial score (nSPS) is 11.5. The minimum atomic E-state index is -1.26. The average molecular weight is 469 g/mol. The van der Waals surface area contributed by atoms with Crippen LogP contribution in [0.4, 0.5) is 0 Å². The number of rotatable bonds is 13. The lowest BCUT2D eigenvalue weighted by atomic mass is 10.3. The van der Waals surface area contributed by atoms with E-state index in [0.29, 0.717) is 48.9 Å². The van der Waals surface area contributed by atoms with E-state index in [4.69, 9.17) is 24.4 Å². The number of aliphatic carboxylic acids is 2. The van der Waals surface area contributed by atoms with Crippen LogP contribution in [0.5, 0.6) is 16.7 Å². The number of carboxylic acid groups (broad SMARTS) is 2. The second kappa shape index (κ2) is 15.6. The van der Waals surface area contributed by atoms with Crippen LogP contribution in [0.1, 0.15) is 13.8 Å². The van der Waals surface area contributed by atoms with E-state index in [0.717, 1.165) is 5.75 Å². The predicted octanol–water partition coefficient (Wildman–Crippen LogP) is 2.05. The molecule has 0 bridgehead atoms. The second-order valence-electron chi connectivity index (χ2n) is 6.50. The van der Waals surface area contributed by atoms with Crippen LogP contribution in [0.25, 0.3) is 0 Å². The van der Waals surface area contributed by atoms with Crippen molar-refractivity contribution in [1.29, 1.82) is 0 Å². The number of aliphatic hydroxyl groups excluding tert-OH is 1. The molecule has 11 heteroatoms. The molecule has 0 aliphatic heterocycles. The summed E-state index contributed by atoms with van der Waals surface area (Å²) in [6.07, 6.45) is 2.28. The van der Waals surface area contributed by atoms with Crippen molar-refractivity contribution >= 4 is 23.3 Å². The molecule has 10 nitrogen and oxygen atoms in total. The van der Waals surface area contributed by atoms with Crippen LogP contribution in [0, 0.1) is 0 Å². The van der Waals surface area contributed by atoms with E-state index < -0.39 is 18.0 Å². The van der Waals surface area contributed by atoms with Gasteiger partial charge in [0.1, 0.15) is 37.4 Å². The molecule has 0 aliphatic rings. The molecule has 2 rings (SSSR count). The van der Waals surface area contributed by atoms with Crippen molar-refractivity contribution in [2.24, 2.45) is 0 Å². The summed E-state index contributed by atoms with van der Waals surface area (Å²) in [5.41, 5.74) is 0. The number of aliphatic hydroxyl groups is 1. The lowest BCUT2D eigenvalue weighted by Crippen LogP contribution is -2.35. The van der Waals surface area contributed by atoms with Gasteiger partial charge in [-0.3, -0.25) is 0 Å². The largest absolute Gasteiger partial charge is 0.491 e. The number of nitrogens with one attached hydrogen (secondary N) is 1. The molecule has 2 aromatic rings. The highest BCUT2D eigenvalue weighted by Gasteiger charge is 2.06. The molecule has 0 radical (unpaired) electrons. The zero-order valence-electron chi connectivity index (χ0n) is 17.8. The Morgan fingerprint density at radius 1 is 1.03 bits per heavy atom. The Kier molecular flexibility index (Phi) is 13.1. The fraction of sp³-hybridized carbons (Fsp3) is 0.381. The summed E-state index contributed by atoms with van der Waals surface area (Å²) in [6, 6.07) is 7.64. The van der Waals surface area contributed by atoms with E-state index in [2.05, 4.69) is 10.3 Å². The van der Waals surface area contributed by atoms with E-state index in [1.54, 1.807) is 6.20 Å². The number of ether oxygens (including phenoxy) is 3. The van der Waals surface area contributed by atoms with Gasteiger partial charge in [-0.05, 0) is 24.3 Å². The van der Waals surface area contributed by atoms with Crippen molar-refractivity contribution < 1.29 is 39.1 Å². The average Bonchev–Trinajstić information content (AvgIpc) is 3.27. The molecule has 1 unspecified atom stereocenters. The quantitative estimate of drug-likeness (QED) is 0.254. The summed E-state index contributed by atoms with van der Waals surface area (Å²) in [6.45, 7) is 5.72. The Bertz CT molecular complexity index is 794. The number of benzene rings is 1. The second-order valence-corrected chi connectivity index (χ2v) is 7.36. The van der Waals surface area contributed by atoms with Gasteiger partial charge >= 0.3 is 11.9 Å². The van der Waals surface area contributed by atoms with Gasteiger partial charge < -0.3 is 34.8 Å². The monoisotopic (exact) mass is 468 g/mol. The maximum Gasteiger partial charge on any atom is 0.328 e. The van der Waals surface area contributed by atoms with Gasteiger partial charge in [0, 0.05) is 36.3 Å². The number of carboxylic acids is 2. The van der Waals surface area contributed by atoms with Crippen LogP contribution >= 0.6 is 11.3 Å². The summed E-state index contributed by atoms with van der Waals surface area (Å²) in [5, 5.41) is 31.1. The zero-order chi connectivity index (χ0) is 23.8. The van der Waals surface area contributed by atoms with Gasteiger partial charge in [0.15, 0.2) is 0 Å². The minimum absolute atomic E-state index is 0.252. The number of thiazole rings is 1. The van der Waals surface area contributed by atoms with E-state index in [-0.39, 0.29) is 6.61 Å². The summed E-state index contributed by atoms with van der Waals surface area (Å²) in [7, 11) is 0. The van der Waals surface area contributed by atoms with E-state index in [1.165, 1.54) is 11.3 Å². The Hall–Kier alpha value is -3.15. The molecule has 0 saturated carbocycles. The van der Waals surface area contributed by atoms with Crippen LogP contribution in [-0.2, 0) is 9.59 Å². The summed E-state index contributed by atoms with van der Waals surface area (Å²) in [4.78, 5) is 23.1. The first-order chi connectivity index (χ1) is 15.3. The van der Waals surface area contributed by atoms with Crippen LogP contribution in [0.3, 0.4) is 0 Å². The van der Waals surface area contributed by atoms with Gasteiger partial charge in [-0.2, -0.15) is 0 Å². The third-order valence-corrected chi connectivity index (χ3v) is 4.07. The topological polar surface area (TPSA) is 147 Å². The molecule has 1 atom stereocenters. The van der Waals surface area contributed by atoms with E-state index >= 15 is 0 Å². The highest BCUT2D eigenvalue weighted by Crippen LogP contribution is 2.18. The molecule has 1 heterocycles. The van der Waals surface area contributed by atoms with Crippen LogP contribution < -0.4 is 19.5 Å². The molecule has 4 N–H and O–H groups in total. The van der Waals surface area contributed by atoms with Gasteiger partial charge in [0.2, 0.25) is 0 Å². The Morgan fingerprint density at radius 2 is 1.59 bits per heavy atom. The molecule has 0 fully saturated rings. The van der Waals surface area contributed by atoms with E-state index in [1.807, 2.05) is 43.5 Å². The maximum absolute atomic E-state index is 9.81. The highest BCUT2D eigenvalue weighted by atomic mass is 32.1. The van der Waals surface area contributed by atoms with Crippen LogP contribution in [0.15, 0.2) is 48.0 Å². The standard InChI is InChI=1S/C17H24N2O4S.C4H4O4/c1-13(2)19-11-14(20)12-23-16-5-3-15(4-6-16)21-8-9-22-17-18-7-10-24-17;5-3(6)1-2-4(7)8/h3-7,10,13-14,19-20H,8-9,11-12H2,1-2H3;1-2H,(H,5,6)(H,7,8)/b;2-1-.